The predicted molar refractivity (Wildman–Crippen MR) is 77.3 cm³/mol. The molecule has 20 heavy (non-hydrogen) atoms. The minimum Gasteiger partial charge on any atom is -0.460 e. The van der Waals surface area contributed by atoms with Crippen molar-refractivity contribution in [1.29, 1.82) is 0 Å². The molecule has 0 unspecified atom stereocenters. The van der Waals surface area contributed by atoms with E-state index in [1.54, 1.807) is 10.9 Å². The summed E-state index contributed by atoms with van der Waals surface area (Å²) in [5, 5.41) is 4.25. The molecule has 106 valence electrons. The summed E-state index contributed by atoms with van der Waals surface area (Å²) in [7, 11) is 0. The number of nitrogens with zero attached hydrogens (tertiary/aromatic N) is 2. The van der Waals surface area contributed by atoms with E-state index < -0.39 is 5.60 Å². The average molecular weight is 272 g/mol. The van der Waals surface area contributed by atoms with Gasteiger partial charge in [-0.25, -0.2) is 0 Å². The molecule has 4 heteroatoms. The molecule has 0 aliphatic carbocycles. The molecule has 0 fully saturated rings. The van der Waals surface area contributed by atoms with Crippen LogP contribution in [-0.2, 0) is 9.53 Å². The van der Waals surface area contributed by atoms with E-state index in [-0.39, 0.29) is 18.4 Å². The fourth-order valence-corrected chi connectivity index (χ4v) is 2.05. The lowest BCUT2D eigenvalue weighted by Gasteiger charge is -2.22. The van der Waals surface area contributed by atoms with Gasteiger partial charge in [0.05, 0.1) is 12.5 Å². The van der Waals surface area contributed by atoms with E-state index >= 15 is 0 Å². The summed E-state index contributed by atoms with van der Waals surface area (Å²) in [6, 6.07) is 11.6. The molecule has 0 amide bonds. The Labute approximate surface area is 119 Å². The van der Waals surface area contributed by atoms with Gasteiger partial charge in [-0.2, -0.15) is 5.10 Å². The van der Waals surface area contributed by atoms with E-state index in [9.17, 15) is 4.79 Å². The van der Waals surface area contributed by atoms with Gasteiger partial charge < -0.3 is 4.74 Å². The smallest absolute Gasteiger partial charge is 0.308 e. The zero-order valence-corrected chi connectivity index (χ0v) is 12.1. The van der Waals surface area contributed by atoms with E-state index in [4.69, 9.17) is 4.74 Å². The van der Waals surface area contributed by atoms with Gasteiger partial charge in [0.15, 0.2) is 0 Å². The summed E-state index contributed by atoms with van der Waals surface area (Å²) in [4.78, 5) is 12.1. The van der Waals surface area contributed by atoms with Gasteiger partial charge in [-0.3, -0.25) is 9.48 Å². The van der Waals surface area contributed by atoms with E-state index in [1.165, 1.54) is 0 Å². The zero-order valence-electron chi connectivity index (χ0n) is 12.1. The molecular formula is C16H20N2O2. The second kappa shape index (κ2) is 5.90. The lowest BCUT2D eigenvalue weighted by molar-refractivity contribution is -0.155. The molecule has 0 saturated carbocycles. The second-order valence-corrected chi connectivity index (χ2v) is 5.70. The van der Waals surface area contributed by atoms with Crippen molar-refractivity contribution in [2.24, 2.45) is 0 Å². The first kappa shape index (κ1) is 14.3. The van der Waals surface area contributed by atoms with Crippen LogP contribution >= 0.6 is 0 Å². The molecule has 0 aliphatic rings. The van der Waals surface area contributed by atoms with Gasteiger partial charge in [0.25, 0.3) is 0 Å². The standard InChI is InChI=1S/C16H20N2O2/c1-16(2,3)20-15(19)12-14(18-11-7-10-17-18)13-8-5-4-6-9-13/h4-11,14H,12H2,1-3H3/t14-/m0/s1. The number of esters is 1. The normalized spacial score (nSPS) is 12.9. The van der Waals surface area contributed by atoms with Crippen molar-refractivity contribution in [2.75, 3.05) is 0 Å². The molecule has 1 aromatic heterocycles. The lowest BCUT2D eigenvalue weighted by Crippen LogP contribution is -2.26. The monoisotopic (exact) mass is 272 g/mol. The number of rotatable bonds is 4. The van der Waals surface area contributed by atoms with E-state index in [0.717, 1.165) is 5.56 Å². The van der Waals surface area contributed by atoms with Crippen LogP contribution in [0.4, 0.5) is 0 Å². The number of ether oxygens (including phenoxy) is 1. The Hall–Kier alpha value is -2.10. The molecule has 4 nitrogen and oxygen atoms in total. The number of carbonyl (C=O) groups excluding carboxylic acids is 1. The number of hydrogen-bond donors (Lipinski definition) is 0. The Morgan fingerprint density at radius 3 is 2.50 bits per heavy atom. The van der Waals surface area contributed by atoms with Crippen molar-refractivity contribution in [1.82, 2.24) is 9.78 Å². The van der Waals surface area contributed by atoms with Gasteiger partial charge >= 0.3 is 5.97 Å². The first-order valence-corrected chi connectivity index (χ1v) is 6.71. The first-order chi connectivity index (χ1) is 9.46. The van der Waals surface area contributed by atoms with Crippen LogP contribution in [0.5, 0.6) is 0 Å². The van der Waals surface area contributed by atoms with Gasteiger partial charge in [0.1, 0.15) is 5.60 Å². The molecule has 2 rings (SSSR count). The van der Waals surface area contributed by atoms with Gasteiger partial charge in [0, 0.05) is 12.4 Å². The van der Waals surface area contributed by atoms with Crippen molar-refractivity contribution in [2.45, 2.75) is 38.8 Å². The third-order valence-corrected chi connectivity index (χ3v) is 2.81. The fourth-order valence-electron chi connectivity index (χ4n) is 2.05. The molecule has 0 saturated heterocycles. The first-order valence-electron chi connectivity index (χ1n) is 6.71. The van der Waals surface area contributed by atoms with E-state index in [0.29, 0.717) is 0 Å². The summed E-state index contributed by atoms with van der Waals surface area (Å²) in [5.74, 6) is -0.221. The maximum Gasteiger partial charge on any atom is 0.308 e. The Kier molecular flexibility index (Phi) is 4.23. The number of benzene rings is 1. The van der Waals surface area contributed by atoms with Crippen LogP contribution in [0, 0.1) is 0 Å². The van der Waals surface area contributed by atoms with Crippen molar-refractivity contribution in [3.63, 3.8) is 0 Å². The largest absolute Gasteiger partial charge is 0.460 e. The third-order valence-electron chi connectivity index (χ3n) is 2.81. The van der Waals surface area contributed by atoms with E-state index in [2.05, 4.69) is 5.10 Å². The Balaban J connectivity index is 2.19. The van der Waals surface area contributed by atoms with E-state index in [1.807, 2.05) is 63.4 Å². The van der Waals surface area contributed by atoms with Crippen LogP contribution in [-0.4, -0.2) is 21.4 Å². The molecule has 2 aromatic rings. The van der Waals surface area contributed by atoms with Gasteiger partial charge in [-0.05, 0) is 32.4 Å². The van der Waals surface area contributed by atoms with Gasteiger partial charge in [-0.1, -0.05) is 30.3 Å². The molecule has 0 aliphatic heterocycles. The number of carbonyl (C=O) groups is 1. The van der Waals surface area contributed by atoms with Gasteiger partial charge in [-0.15, -0.1) is 0 Å². The zero-order chi connectivity index (χ0) is 14.6. The Morgan fingerprint density at radius 2 is 1.95 bits per heavy atom. The highest BCUT2D eigenvalue weighted by molar-refractivity contribution is 5.71. The van der Waals surface area contributed by atoms with Crippen LogP contribution in [0.25, 0.3) is 0 Å². The van der Waals surface area contributed by atoms with Gasteiger partial charge in [0.2, 0.25) is 0 Å². The Morgan fingerprint density at radius 1 is 1.25 bits per heavy atom. The quantitative estimate of drug-likeness (QED) is 0.803. The van der Waals surface area contributed by atoms with Crippen LogP contribution in [0.2, 0.25) is 0 Å². The summed E-state index contributed by atoms with van der Waals surface area (Å²) in [5.41, 5.74) is 0.574. The second-order valence-electron chi connectivity index (χ2n) is 5.70. The summed E-state index contributed by atoms with van der Waals surface area (Å²) in [6.07, 6.45) is 3.84. The minimum absolute atomic E-state index is 0.138. The molecular weight excluding hydrogens is 252 g/mol. The maximum atomic E-state index is 12.1. The molecule has 0 radical (unpaired) electrons. The average Bonchev–Trinajstić information content (AvgIpc) is 2.88. The molecule has 1 aromatic carbocycles. The van der Waals surface area contributed by atoms with Crippen LogP contribution in [0.1, 0.15) is 38.8 Å². The highest BCUT2D eigenvalue weighted by Crippen LogP contribution is 2.22. The summed E-state index contributed by atoms with van der Waals surface area (Å²) in [6.45, 7) is 5.61. The van der Waals surface area contributed by atoms with Crippen molar-refractivity contribution in [3.05, 3.63) is 54.4 Å². The highest BCUT2D eigenvalue weighted by Gasteiger charge is 2.22. The molecule has 0 N–H and O–H groups in total. The molecule has 0 spiro atoms. The van der Waals surface area contributed by atoms with Crippen molar-refractivity contribution < 1.29 is 9.53 Å². The van der Waals surface area contributed by atoms with Crippen LogP contribution in [0.3, 0.4) is 0 Å². The topological polar surface area (TPSA) is 44.1 Å². The molecule has 1 atom stereocenters. The van der Waals surface area contributed by atoms with Crippen LogP contribution < -0.4 is 0 Å². The van der Waals surface area contributed by atoms with Crippen molar-refractivity contribution >= 4 is 5.97 Å². The third kappa shape index (κ3) is 3.95. The predicted octanol–water partition coefficient (Wildman–Crippen LogP) is 3.20. The number of aromatic nitrogens is 2. The Bertz CT molecular complexity index is 542. The maximum absolute atomic E-state index is 12.1. The van der Waals surface area contributed by atoms with Crippen LogP contribution in [0.15, 0.2) is 48.8 Å². The SMILES string of the molecule is CC(C)(C)OC(=O)C[C@@H](c1ccccc1)n1cccn1. The minimum atomic E-state index is -0.470. The number of hydrogen-bond acceptors (Lipinski definition) is 3. The summed E-state index contributed by atoms with van der Waals surface area (Å²) >= 11 is 0. The van der Waals surface area contributed by atoms with Crippen molar-refractivity contribution in [3.8, 4) is 0 Å². The molecule has 1 heterocycles. The lowest BCUT2D eigenvalue weighted by atomic mass is 10.0. The molecule has 0 bridgehead atoms. The summed E-state index contributed by atoms with van der Waals surface area (Å²) < 4.78 is 7.20. The fraction of sp³-hybridized carbons (Fsp3) is 0.375. The highest BCUT2D eigenvalue weighted by atomic mass is 16.6.